The van der Waals surface area contributed by atoms with E-state index >= 15 is 0 Å². The van der Waals surface area contributed by atoms with Gasteiger partial charge in [-0.2, -0.15) is 0 Å². The maximum atomic E-state index is 13.2. The van der Waals surface area contributed by atoms with E-state index in [4.69, 9.17) is 23.2 Å². The minimum absolute atomic E-state index is 0.143. The van der Waals surface area contributed by atoms with Gasteiger partial charge in [0.1, 0.15) is 5.82 Å². The van der Waals surface area contributed by atoms with Gasteiger partial charge in [-0.15, -0.1) is 18.2 Å². The van der Waals surface area contributed by atoms with Gasteiger partial charge in [-0.1, -0.05) is 30.7 Å². The lowest BCUT2D eigenvalue weighted by Crippen LogP contribution is -2.18. The Morgan fingerprint density at radius 3 is 2.67 bits per heavy atom. The molecule has 82 valence electrons. The second-order valence-electron chi connectivity index (χ2n) is 3.92. The zero-order valence-electron chi connectivity index (χ0n) is 8.56. The predicted octanol–water partition coefficient (Wildman–Crippen LogP) is 4.45. The molecule has 1 aromatic carbocycles. The van der Waals surface area contributed by atoms with Crippen LogP contribution in [-0.4, -0.2) is 5.88 Å². The molecule has 0 amide bonds. The Hall–Kier alpha value is -0.530. The highest BCUT2D eigenvalue weighted by molar-refractivity contribution is 6.30. The van der Waals surface area contributed by atoms with E-state index in [1.165, 1.54) is 6.07 Å². The SMILES string of the molecule is C=CC(C)(CCl)Cc1ccc(Cl)c(F)c1. The molecule has 0 bridgehead atoms. The lowest BCUT2D eigenvalue weighted by atomic mass is 9.86. The third-order valence-corrected chi connectivity index (χ3v) is 3.31. The standard InChI is InChI=1S/C12H13Cl2F/c1-3-12(2,8-13)7-9-4-5-10(14)11(15)6-9/h3-6H,1,7-8H2,2H3. The summed E-state index contributed by atoms with van der Waals surface area (Å²) in [6, 6.07) is 4.81. The van der Waals surface area contributed by atoms with Gasteiger partial charge in [-0.05, 0) is 24.1 Å². The molecule has 15 heavy (non-hydrogen) atoms. The highest BCUT2D eigenvalue weighted by atomic mass is 35.5. The highest BCUT2D eigenvalue weighted by Crippen LogP contribution is 2.27. The molecule has 3 heteroatoms. The van der Waals surface area contributed by atoms with E-state index in [1.807, 2.05) is 6.92 Å². The molecule has 0 N–H and O–H groups in total. The summed E-state index contributed by atoms with van der Waals surface area (Å²) in [6.07, 6.45) is 2.46. The molecule has 0 aliphatic rings. The topological polar surface area (TPSA) is 0 Å². The van der Waals surface area contributed by atoms with Crippen LogP contribution < -0.4 is 0 Å². The van der Waals surface area contributed by atoms with Crippen molar-refractivity contribution in [2.75, 3.05) is 5.88 Å². The third-order valence-electron chi connectivity index (χ3n) is 2.39. The summed E-state index contributed by atoms with van der Waals surface area (Å²) >= 11 is 11.4. The molecule has 0 radical (unpaired) electrons. The summed E-state index contributed by atoms with van der Waals surface area (Å²) in [5, 5.41) is 0.143. The van der Waals surface area contributed by atoms with Crippen LogP contribution in [0.1, 0.15) is 12.5 Å². The summed E-state index contributed by atoms with van der Waals surface area (Å²) in [7, 11) is 0. The van der Waals surface area contributed by atoms with Crippen LogP contribution in [0.2, 0.25) is 5.02 Å². The second kappa shape index (κ2) is 5.00. The number of rotatable bonds is 4. The average molecular weight is 247 g/mol. The Kier molecular flexibility index (Phi) is 4.18. The molecule has 1 rings (SSSR count). The van der Waals surface area contributed by atoms with Crippen molar-refractivity contribution in [3.63, 3.8) is 0 Å². The highest BCUT2D eigenvalue weighted by Gasteiger charge is 2.19. The van der Waals surface area contributed by atoms with Crippen molar-refractivity contribution in [3.8, 4) is 0 Å². The second-order valence-corrected chi connectivity index (χ2v) is 4.59. The minimum Gasteiger partial charge on any atom is -0.205 e. The molecule has 0 aliphatic carbocycles. The van der Waals surface area contributed by atoms with Gasteiger partial charge in [0, 0.05) is 11.3 Å². The van der Waals surface area contributed by atoms with E-state index in [9.17, 15) is 4.39 Å². The molecule has 0 saturated heterocycles. The van der Waals surface area contributed by atoms with Crippen molar-refractivity contribution >= 4 is 23.2 Å². The van der Waals surface area contributed by atoms with Crippen molar-refractivity contribution < 1.29 is 4.39 Å². The lowest BCUT2D eigenvalue weighted by molar-refractivity contribution is 0.484. The van der Waals surface area contributed by atoms with E-state index in [0.29, 0.717) is 12.3 Å². The van der Waals surface area contributed by atoms with Crippen molar-refractivity contribution in [2.45, 2.75) is 13.3 Å². The lowest BCUT2D eigenvalue weighted by Gasteiger charge is -2.22. The first-order chi connectivity index (χ1) is 7.00. The first kappa shape index (κ1) is 12.5. The molecular formula is C12H13Cl2F. The molecule has 1 atom stereocenters. The van der Waals surface area contributed by atoms with Gasteiger partial charge in [-0.25, -0.2) is 4.39 Å². The number of benzene rings is 1. The van der Waals surface area contributed by atoms with Crippen molar-refractivity contribution in [1.82, 2.24) is 0 Å². The number of allylic oxidation sites excluding steroid dienone is 1. The smallest absolute Gasteiger partial charge is 0.142 e. The number of hydrogen-bond donors (Lipinski definition) is 0. The maximum absolute atomic E-state index is 13.2. The Balaban J connectivity index is 2.89. The first-order valence-electron chi connectivity index (χ1n) is 4.64. The first-order valence-corrected chi connectivity index (χ1v) is 5.55. The molecular weight excluding hydrogens is 234 g/mol. The Labute approximate surface area is 99.7 Å². The van der Waals surface area contributed by atoms with Crippen LogP contribution in [0.5, 0.6) is 0 Å². The van der Waals surface area contributed by atoms with E-state index in [-0.39, 0.29) is 10.4 Å². The normalized spacial score (nSPS) is 14.7. The van der Waals surface area contributed by atoms with Crippen LogP contribution in [-0.2, 0) is 6.42 Å². The van der Waals surface area contributed by atoms with E-state index in [2.05, 4.69) is 6.58 Å². The Bertz CT molecular complexity index is 363. The summed E-state index contributed by atoms with van der Waals surface area (Å²) in [5.41, 5.74) is 0.668. The molecule has 0 aliphatic heterocycles. The molecule has 0 heterocycles. The number of alkyl halides is 1. The van der Waals surface area contributed by atoms with E-state index in [0.717, 1.165) is 5.56 Å². The molecule has 0 fully saturated rings. The molecule has 1 aromatic rings. The predicted molar refractivity (Wildman–Crippen MR) is 64.1 cm³/mol. The van der Waals surface area contributed by atoms with Crippen molar-refractivity contribution in [2.24, 2.45) is 5.41 Å². The van der Waals surface area contributed by atoms with Crippen LogP contribution in [0.3, 0.4) is 0 Å². The van der Waals surface area contributed by atoms with Gasteiger partial charge < -0.3 is 0 Å². The monoisotopic (exact) mass is 246 g/mol. The molecule has 1 unspecified atom stereocenters. The van der Waals surface area contributed by atoms with Gasteiger partial charge in [0.15, 0.2) is 0 Å². The summed E-state index contributed by atoms with van der Waals surface area (Å²) in [4.78, 5) is 0. The van der Waals surface area contributed by atoms with Gasteiger partial charge >= 0.3 is 0 Å². The van der Waals surface area contributed by atoms with Gasteiger partial charge in [0.25, 0.3) is 0 Å². The Morgan fingerprint density at radius 1 is 1.53 bits per heavy atom. The van der Waals surface area contributed by atoms with Gasteiger partial charge in [-0.3, -0.25) is 0 Å². The molecule has 0 saturated carbocycles. The average Bonchev–Trinajstić information content (AvgIpc) is 2.23. The van der Waals surface area contributed by atoms with Crippen LogP contribution in [0, 0.1) is 11.2 Å². The Morgan fingerprint density at radius 2 is 2.20 bits per heavy atom. The van der Waals surface area contributed by atoms with Crippen molar-refractivity contribution in [3.05, 3.63) is 47.3 Å². The quantitative estimate of drug-likeness (QED) is 0.544. The largest absolute Gasteiger partial charge is 0.205 e. The molecule has 0 spiro atoms. The minimum atomic E-state index is -0.393. The van der Waals surface area contributed by atoms with Gasteiger partial charge in [0.2, 0.25) is 0 Å². The fourth-order valence-corrected chi connectivity index (χ4v) is 1.61. The zero-order valence-corrected chi connectivity index (χ0v) is 10.1. The van der Waals surface area contributed by atoms with E-state index < -0.39 is 5.82 Å². The van der Waals surface area contributed by atoms with Crippen LogP contribution in [0.25, 0.3) is 0 Å². The van der Waals surface area contributed by atoms with E-state index in [1.54, 1.807) is 18.2 Å². The molecule has 0 aromatic heterocycles. The van der Waals surface area contributed by atoms with Gasteiger partial charge in [0.05, 0.1) is 5.02 Å². The fraction of sp³-hybridized carbons (Fsp3) is 0.333. The van der Waals surface area contributed by atoms with Crippen molar-refractivity contribution in [1.29, 1.82) is 0 Å². The third kappa shape index (κ3) is 3.22. The number of halogens is 3. The fourth-order valence-electron chi connectivity index (χ4n) is 1.29. The zero-order chi connectivity index (χ0) is 11.5. The number of hydrogen-bond acceptors (Lipinski definition) is 0. The summed E-state index contributed by atoms with van der Waals surface area (Å²) in [6.45, 7) is 5.72. The van der Waals surface area contributed by atoms with Crippen LogP contribution in [0.15, 0.2) is 30.9 Å². The van der Waals surface area contributed by atoms with Crippen LogP contribution in [0.4, 0.5) is 4.39 Å². The summed E-state index contributed by atoms with van der Waals surface area (Å²) in [5.74, 6) is 0.0657. The maximum Gasteiger partial charge on any atom is 0.142 e. The molecule has 0 nitrogen and oxygen atoms in total. The summed E-state index contributed by atoms with van der Waals surface area (Å²) < 4.78 is 13.2. The van der Waals surface area contributed by atoms with Crippen LogP contribution >= 0.6 is 23.2 Å².